The van der Waals surface area contributed by atoms with Crippen molar-refractivity contribution in [1.29, 1.82) is 0 Å². The summed E-state index contributed by atoms with van der Waals surface area (Å²) in [5.74, 6) is 0. The Morgan fingerprint density at radius 3 is 2.73 bits per heavy atom. The van der Waals surface area contributed by atoms with E-state index >= 15 is 0 Å². The summed E-state index contributed by atoms with van der Waals surface area (Å²) in [6.07, 6.45) is 1.12. The van der Waals surface area contributed by atoms with Gasteiger partial charge in [-0.15, -0.1) is 0 Å². The fraction of sp³-hybridized carbons (Fsp3) is 0.455. The average molecular weight is 334 g/mol. The van der Waals surface area contributed by atoms with Gasteiger partial charge in [-0.25, -0.2) is 0 Å². The first-order chi connectivity index (χ1) is 7.15. The lowest BCUT2D eigenvalue weighted by molar-refractivity contribution is 0.327. The van der Waals surface area contributed by atoms with Gasteiger partial charge in [0.05, 0.1) is 0 Å². The van der Waals surface area contributed by atoms with Crippen molar-refractivity contribution in [2.24, 2.45) is 5.73 Å². The fourth-order valence-electron chi connectivity index (χ4n) is 1.90. The van der Waals surface area contributed by atoms with Crippen molar-refractivity contribution in [1.82, 2.24) is 4.90 Å². The fourth-order valence-corrected chi connectivity index (χ4v) is 2.58. The summed E-state index contributed by atoms with van der Waals surface area (Å²) in [6.45, 7) is 3.14. The normalized spacial score (nSPS) is 22.2. The van der Waals surface area contributed by atoms with Gasteiger partial charge in [-0.05, 0) is 56.0 Å². The number of hydrogen-bond donors (Lipinski definition) is 1. The van der Waals surface area contributed by atoms with Gasteiger partial charge in [0.25, 0.3) is 0 Å². The number of rotatable bonds is 2. The molecule has 0 amide bonds. The van der Waals surface area contributed by atoms with Crippen LogP contribution in [0.5, 0.6) is 0 Å². The van der Waals surface area contributed by atoms with Gasteiger partial charge in [0, 0.05) is 34.6 Å². The quantitative estimate of drug-likeness (QED) is 0.901. The van der Waals surface area contributed by atoms with E-state index in [1.807, 2.05) is 0 Å². The highest BCUT2D eigenvalue weighted by Crippen LogP contribution is 2.24. The second kappa shape index (κ2) is 4.95. The first-order valence-electron chi connectivity index (χ1n) is 5.07. The van der Waals surface area contributed by atoms with Gasteiger partial charge in [-0.3, -0.25) is 4.90 Å². The third kappa shape index (κ3) is 3.03. The lowest BCUT2D eigenvalue weighted by atomic mass is 10.2. The number of benzene rings is 1. The Morgan fingerprint density at radius 2 is 2.13 bits per heavy atom. The monoisotopic (exact) mass is 332 g/mol. The molecule has 0 bridgehead atoms. The highest BCUT2D eigenvalue weighted by Gasteiger charge is 2.18. The van der Waals surface area contributed by atoms with E-state index in [2.05, 4.69) is 55.0 Å². The van der Waals surface area contributed by atoms with Crippen LogP contribution in [0.3, 0.4) is 0 Å². The molecule has 2 nitrogen and oxygen atoms in total. The molecule has 0 radical (unpaired) electrons. The molecule has 1 saturated heterocycles. The van der Waals surface area contributed by atoms with Gasteiger partial charge >= 0.3 is 0 Å². The Bertz CT molecular complexity index is 354. The minimum absolute atomic E-state index is 0.365. The number of nitrogens with zero attached hydrogens (tertiary/aromatic N) is 1. The van der Waals surface area contributed by atoms with Crippen molar-refractivity contribution in [2.75, 3.05) is 13.1 Å². The predicted octanol–water partition coefficient (Wildman–Crippen LogP) is 2.74. The maximum Gasteiger partial charge on any atom is 0.0320 e. The van der Waals surface area contributed by atoms with Crippen molar-refractivity contribution >= 4 is 31.9 Å². The van der Waals surface area contributed by atoms with E-state index in [0.29, 0.717) is 6.04 Å². The van der Waals surface area contributed by atoms with Crippen LogP contribution in [0.2, 0.25) is 0 Å². The molecule has 1 aromatic rings. The first-order valence-corrected chi connectivity index (χ1v) is 6.65. The minimum Gasteiger partial charge on any atom is -0.326 e. The molecule has 4 heteroatoms. The largest absolute Gasteiger partial charge is 0.326 e. The Labute approximate surface area is 107 Å². The minimum atomic E-state index is 0.365. The molecule has 15 heavy (non-hydrogen) atoms. The van der Waals surface area contributed by atoms with E-state index in [4.69, 9.17) is 5.73 Å². The molecule has 0 aromatic heterocycles. The molecular formula is C11H14Br2N2. The van der Waals surface area contributed by atoms with Gasteiger partial charge in [-0.2, -0.15) is 0 Å². The van der Waals surface area contributed by atoms with E-state index in [-0.39, 0.29) is 0 Å². The Kier molecular flexibility index (Phi) is 3.83. The van der Waals surface area contributed by atoms with E-state index in [9.17, 15) is 0 Å². The second-order valence-electron chi connectivity index (χ2n) is 4.03. The van der Waals surface area contributed by atoms with Crippen LogP contribution in [0.15, 0.2) is 27.1 Å². The standard InChI is InChI=1S/C11H14Br2N2/c12-10-2-1-8(5-11(10)13)6-15-4-3-9(14)7-15/h1-2,5,9H,3-4,6-7,14H2/t9-/m1/s1. The van der Waals surface area contributed by atoms with Gasteiger partial charge in [-0.1, -0.05) is 6.07 Å². The zero-order valence-corrected chi connectivity index (χ0v) is 11.6. The Balaban J connectivity index is 2.02. The molecule has 1 atom stereocenters. The third-order valence-corrected chi connectivity index (χ3v) is 4.58. The smallest absolute Gasteiger partial charge is 0.0320 e. The van der Waals surface area contributed by atoms with Crippen LogP contribution in [0.25, 0.3) is 0 Å². The topological polar surface area (TPSA) is 29.3 Å². The van der Waals surface area contributed by atoms with Crippen LogP contribution in [0.4, 0.5) is 0 Å². The number of nitrogens with two attached hydrogens (primary N) is 1. The maximum absolute atomic E-state index is 5.87. The Morgan fingerprint density at radius 1 is 1.33 bits per heavy atom. The van der Waals surface area contributed by atoms with Crippen molar-refractivity contribution < 1.29 is 0 Å². The average Bonchev–Trinajstić information content (AvgIpc) is 2.58. The van der Waals surface area contributed by atoms with Crippen LogP contribution >= 0.6 is 31.9 Å². The SMILES string of the molecule is N[C@@H]1CCN(Cc2ccc(Br)c(Br)c2)C1. The lowest BCUT2D eigenvalue weighted by Gasteiger charge is -2.15. The van der Waals surface area contributed by atoms with E-state index in [0.717, 1.165) is 35.0 Å². The first kappa shape index (κ1) is 11.6. The molecule has 1 fully saturated rings. The lowest BCUT2D eigenvalue weighted by Crippen LogP contribution is -2.26. The molecule has 1 aliphatic heterocycles. The molecular weight excluding hydrogens is 320 g/mol. The van der Waals surface area contributed by atoms with Crippen LogP contribution in [-0.2, 0) is 6.54 Å². The van der Waals surface area contributed by atoms with Crippen LogP contribution in [-0.4, -0.2) is 24.0 Å². The van der Waals surface area contributed by atoms with Gasteiger partial charge in [0.15, 0.2) is 0 Å². The predicted molar refractivity (Wildman–Crippen MR) is 69.7 cm³/mol. The van der Waals surface area contributed by atoms with Gasteiger partial charge < -0.3 is 5.73 Å². The van der Waals surface area contributed by atoms with Crippen molar-refractivity contribution in [3.8, 4) is 0 Å². The summed E-state index contributed by atoms with van der Waals surface area (Å²) in [5.41, 5.74) is 7.21. The van der Waals surface area contributed by atoms with Gasteiger partial charge in [0.1, 0.15) is 0 Å². The van der Waals surface area contributed by atoms with Crippen LogP contribution in [0, 0.1) is 0 Å². The maximum atomic E-state index is 5.87. The van der Waals surface area contributed by atoms with Crippen molar-refractivity contribution in [2.45, 2.75) is 19.0 Å². The van der Waals surface area contributed by atoms with E-state index in [1.165, 1.54) is 5.56 Å². The third-order valence-electron chi connectivity index (χ3n) is 2.70. The number of likely N-dealkylation sites (tertiary alicyclic amines) is 1. The number of hydrogen-bond acceptors (Lipinski definition) is 2. The summed E-state index contributed by atoms with van der Waals surface area (Å²) >= 11 is 6.99. The molecule has 0 saturated carbocycles. The molecule has 2 rings (SSSR count). The van der Waals surface area contributed by atoms with Crippen molar-refractivity contribution in [3.05, 3.63) is 32.7 Å². The highest BCUT2D eigenvalue weighted by molar-refractivity contribution is 9.13. The molecule has 82 valence electrons. The molecule has 0 unspecified atom stereocenters. The number of halogens is 2. The second-order valence-corrected chi connectivity index (χ2v) is 5.74. The molecule has 2 N–H and O–H groups in total. The zero-order chi connectivity index (χ0) is 10.8. The zero-order valence-electron chi connectivity index (χ0n) is 8.42. The highest BCUT2D eigenvalue weighted by atomic mass is 79.9. The molecule has 0 aliphatic carbocycles. The van der Waals surface area contributed by atoms with Crippen LogP contribution in [0.1, 0.15) is 12.0 Å². The summed E-state index contributed by atoms with van der Waals surface area (Å²) in [6, 6.07) is 6.76. The Hall–Kier alpha value is 0.1000. The van der Waals surface area contributed by atoms with Crippen molar-refractivity contribution in [3.63, 3.8) is 0 Å². The molecule has 1 aliphatic rings. The van der Waals surface area contributed by atoms with Crippen LogP contribution < -0.4 is 5.73 Å². The van der Waals surface area contributed by atoms with E-state index in [1.54, 1.807) is 0 Å². The molecule has 0 spiro atoms. The summed E-state index contributed by atoms with van der Waals surface area (Å²) in [4.78, 5) is 2.40. The van der Waals surface area contributed by atoms with Gasteiger partial charge in [0.2, 0.25) is 0 Å². The molecule has 1 heterocycles. The van der Waals surface area contributed by atoms with E-state index < -0.39 is 0 Å². The summed E-state index contributed by atoms with van der Waals surface area (Å²) in [5, 5.41) is 0. The summed E-state index contributed by atoms with van der Waals surface area (Å²) in [7, 11) is 0. The summed E-state index contributed by atoms with van der Waals surface area (Å²) < 4.78 is 2.22. The molecule has 1 aromatic carbocycles.